The molecule has 0 spiro atoms. The molecule has 1 aliphatic heterocycles. The van der Waals surface area contributed by atoms with Crippen LogP contribution in [0.2, 0.25) is 0 Å². The van der Waals surface area contributed by atoms with E-state index in [0.29, 0.717) is 19.1 Å². The van der Waals surface area contributed by atoms with Crippen LogP contribution in [0.1, 0.15) is 12.7 Å². The van der Waals surface area contributed by atoms with Gasteiger partial charge < -0.3 is 19.1 Å². The zero-order valence-corrected chi connectivity index (χ0v) is 16.8. The fraction of sp³-hybridized carbons (Fsp3) is 0.381. The Labute approximate surface area is 169 Å². The zero-order chi connectivity index (χ0) is 20.4. The lowest BCUT2D eigenvalue weighted by Crippen LogP contribution is -2.52. The third-order valence-corrected chi connectivity index (χ3v) is 4.96. The average Bonchev–Trinajstić information content (AvgIpc) is 3.01. The first-order chi connectivity index (χ1) is 14.0. The molecule has 2 aromatic heterocycles. The highest BCUT2D eigenvalue weighted by molar-refractivity contribution is 5.78. The SMILES string of the molecule is COc1cc2c(cn1)nc(C)n2-c1ccc(N2CC(OCCOC(C)=O)C2)cc1. The molecular formula is C21H24N4O4. The van der Waals surface area contributed by atoms with Crippen molar-refractivity contribution < 1.29 is 19.0 Å². The van der Waals surface area contributed by atoms with Crippen molar-refractivity contribution in [1.82, 2.24) is 14.5 Å². The molecule has 0 aliphatic carbocycles. The van der Waals surface area contributed by atoms with Crippen LogP contribution in [0.25, 0.3) is 16.7 Å². The number of imidazole rings is 1. The molecule has 1 saturated heterocycles. The van der Waals surface area contributed by atoms with Crippen molar-refractivity contribution in [3.8, 4) is 11.6 Å². The number of carbonyl (C=O) groups excluding carboxylic acids is 1. The molecule has 152 valence electrons. The monoisotopic (exact) mass is 396 g/mol. The van der Waals surface area contributed by atoms with E-state index < -0.39 is 0 Å². The number of methoxy groups -OCH3 is 1. The number of hydrogen-bond donors (Lipinski definition) is 0. The van der Waals surface area contributed by atoms with Gasteiger partial charge in [-0.25, -0.2) is 9.97 Å². The van der Waals surface area contributed by atoms with E-state index in [1.54, 1.807) is 13.3 Å². The molecule has 1 fully saturated rings. The predicted octanol–water partition coefficient (Wildman–Crippen LogP) is 2.51. The molecule has 0 unspecified atom stereocenters. The van der Waals surface area contributed by atoms with Gasteiger partial charge in [0.2, 0.25) is 5.88 Å². The second kappa shape index (κ2) is 8.08. The van der Waals surface area contributed by atoms with Gasteiger partial charge >= 0.3 is 5.97 Å². The Kier molecular flexibility index (Phi) is 5.35. The molecule has 3 aromatic rings. The van der Waals surface area contributed by atoms with Gasteiger partial charge in [-0.3, -0.25) is 9.36 Å². The van der Waals surface area contributed by atoms with Crippen LogP contribution in [-0.4, -0.2) is 60.0 Å². The molecule has 0 atom stereocenters. The minimum Gasteiger partial charge on any atom is -0.481 e. The lowest BCUT2D eigenvalue weighted by atomic mass is 10.1. The number of carbonyl (C=O) groups is 1. The standard InChI is InChI=1S/C21H24N4O4/c1-14-23-19-11-22-21(27-3)10-20(19)25(14)17-6-4-16(5-7-17)24-12-18(13-24)29-9-8-28-15(2)26/h4-7,10-11,18H,8-9,12-13H2,1-3H3. The van der Waals surface area contributed by atoms with Crippen LogP contribution >= 0.6 is 0 Å². The Hall–Kier alpha value is -3.13. The molecule has 3 heterocycles. The van der Waals surface area contributed by atoms with Crippen LogP contribution in [-0.2, 0) is 14.3 Å². The van der Waals surface area contributed by atoms with Crippen LogP contribution < -0.4 is 9.64 Å². The minimum atomic E-state index is -0.278. The normalized spacial score (nSPS) is 14.1. The van der Waals surface area contributed by atoms with Gasteiger partial charge in [-0.15, -0.1) is 0 Å². The number of benzene rings is 1. The molecular weight excluding hydrogens is 372 g/mol. The minimum absolute atomic E-state index is 0.171. The number of pyridine rings is 1. The molecule has 0 radical (unpaired) electrons. The van der Waals surface area contributed by atoms with E-state index in [2.05, 4.69) is 43.7 Å². The molecule has 0 saturated carbocycles. The quantitative estimate of drug-likeness (QED) is 0.448. The van der Waals surface area contributed by atoms with Crippen LogP contribution in [0.4, 0.5) is 5.69 Å². The van der Waals surface area contributed by atoms with Gasteiger partial charge in [-0.1, -0.05) is 0 Å². The Morgan fingerprint density at radius 2 is 1.90 bits per heavy atom. The number of ether oxygens (including phenoxy) is 3. The molecule has 8 nitrogen and oxygen atoms in total. The zero-order valence-electron chi connectivity index (χ0n) is 16.8. The van der Waals surface area contributed by atoms with Gasteiger partial charge in [-0.05, 0) is 31.2 Å². The first-order valence-corrected chi connectivity index (χ1v) is 9.54. The molecule has 0 bridgehead atoms. The summed E-state index contributed by atoms with van der Waals surface area (Å²) >= 11 is 0. The van der Waals surface area contributed by atoms with Crippen LogP contribution in [0, 0.1) is 6.92 Å². The van der Waals surface area contributed by atoms with Crippen molar-refractivity contribution in [2.24, 2.45) is 0 Å². The second-order valence-corrected chi connectivity index (χ2v) is 6.96. The summed E-state index contributed by atoms with van der Waals surface area (Å²) < 4.78 is 17.9. The van der Waals surface area contributed by atoms with Crippen LogP contribution in [0.3, 0.4) is 0 Å². The van der Waals surface area contributed by atoms with Crippen molar-refractivity contribution in [3.05, 3.63) is 42.4 Å². The largest absolute Gasteiger partial charge is 0.481 e. The lowest BCUT2D eigenvalue weighted by Gasteiger charge is -2.40. The maximum Gasteiger partial charge on any atom is 0.302 e. The summed E-state index contributed by atoms with van der Waals surface area (Å²) in [7, 11) is 1.61. The van der Waals surface area contributed by atoms with E-state index in [1.165, 1.54) is 6.92 Å². The van der Waals surface area contributed by atoms with Crippen molar-refractivity contribution >= 4 is 22.7 Å². The Bertz CT molecular complexity index is 1010. The summed E-state index contributed by atoms with van der Waals surface area (Å²) in [5.74, 6) is 1.18. The first-order valence-electron chi connectivity index (χ1n) is 9.54. The van der Waals surface area contributed by atoms with Crippen molar-refractivity contribution in [1.29, 1.82) is 0 Å². The van der Waals surface area contributed by atoms with Crippen molar-refractivity contribution in [2.45, 2.75) is 20.0 Å². The number of fused-ring (bicyclic) bond motifs is 1. The summed E-state index contributed by atoms with van der Waals surface area (Å²) in [4.78, 5) is 21.8. The fourth-order valence-electron chi connectivity index (χ4n) is 3.49. The number of anilines is 1. The number of nitrogens with zero attached hydrogens (tertiary/aromatic N) is 4. The third kappa shape index (κ3) is 4.02. The van der Waals surface area contributed by atoms with Gasteiger partial charge in [0.15, 0.2) is 0 Å². The van der Waals surface area contributed by atoms with Crippen molar-refractivity contribution in [2.75, 3.05) is 38.3 Å². The molecule has 0 amide bonds. The smallest absolute Gasteiger partial charge is 0.302 e. The van der Waals surface area contributed by atoms with E-state index in [4.69, 9.17) is 14.2 Å². The van der Waals surface area contributed by atoms with Gasteiger partial charge in [0.25, 0.3) is 0 Å². The highest BCUT2D eigenvalue weighted by Crippen LogP contribution is 2.27. The lowest BCUT2D eigenvalue weighted by molar-refractivity contribution is -0.143. The highest BCUT2D eigenvalue weighted by Gasteiger charge is 2.27. The van der Waals surface area contributed by atoms with Gasteiger partial charge in [0, 0.05) is 37.5 Å². The number of hydrogen-bond acceptors (Lipinski definition) is 7. The molecule has 0 N–H and O–H groups in total. The van der Waals surface area contributed by atoms with Gasteiger partial charge in [0.1, 0.15) is 17.9 Å². The maximum absolute atomic E-state index is 10.7. The van der Waals surface area contributed by atoms with E-state index in [-0.39, 0.29) is 12.1 Å². The molecule has 1 aliphatic rings. The van der Waals surface area contributed by atoms with Gasteiger partial charge in [-0.2, -0.15) is 0 Å². The van der Waals surface area contributed by atoms with Crippen LogP contribution in [0.5, 0.6) is 5.88 Å². The number of rotatable bonds is 7. The predicted molar refractivity (Wildman–Crippen MR) is 109 cm³/mol. The maximum atomic E-state index is 10.7. The Morgan fingerprint density at radius 1 is 1.17 bits per heavy atom. The summed E-state index contributed by atoms with van der Waals surface area (Å²) in [5, 5.41) is 0. The first kappa shape index (κ1) is 19.2. The van der Waals surface area contributed by atoms with Crippen molar-refractivity contribution in [3.63, 3.8) is 0 Å². The Balaban J connectivity index is 1.41. The fourth-order valence-corrected chi connectivity index (χ4v) is 3.49. The second-order valence-electron chi connectivity index (χ2n) is 6.96. The summed E-state index contributed by atoms with van der Waals surface area (Å²) in [5.41, 5.74) is 3.99. The average molecular weight is 396 g/mol. The summed E-state index contributed by atoms with van der Waals surface area (Å²) in [6, 6.07) is 10.3. The number of esters is 1. The number of aromatic nitrogens is 3. The third-order valence-electron chi connectivity index (χ3n) is 4.96. The van der Waals surface area contributed by atoms with E-state index in [9.17, 15) is 4.79 Å². The van der Waals surface area contributed by atoms with Crippen LogP contribution in [0.15, 0.2) is 36.5 Å². The molecule has 8 heteroatoms. The molecule has 1 aromatic carbocycles. The van der Waals surface area contributed by atoms with Gasteiger partial charge in [0.05, 0.1) is 31.5 Å². The van der Waals surface area contributed by atoms with E-state index in [1.807, 2.05) is 13.0 Å². The highest BCUT2D eigenvalue weighted by atomic mass is 16.6. The molecule has 4 rings (SSSR count). The number of aryl methyl sites for hydroxylation is 1. The summed E-state index contributed by atoms with van der Waals surface area (Å²) in [6.07, 6.45) is 1.90. The van der Waals surface area contributed by atoms with E-state index >= 15 is 0 Å². The van der Waals surface area contributed by atoms with E-state index in [0.717, 1.165) is 41.3 Å². The molecule has 29 heavy (non-hydrogen) atoms. The summed E-state index contributed by atoms with van der Waals surface area (Å²) in [6.45, 7) is 5.77. The topological polar surface area (TPSA) is 78.7 Å². The Morgan fingerprint density at radius 3 is 2.59 bits per heavy atom.